The highest BCUT2D eigenvalue weighted by Gasteiger charge is 2.17. The number of carbonyl (C=O) groups is 2. The van der Waals surface area contributed by atoms with Crippen molar-refractivity contribution >= 4 is 11.9 Å². The van der Waals surface area contributed by atoms with Crippen molar-refractivity contribution in [3.63, 3.8) is 0 Å². The van der Waals surface area contributed by atoms with E-state index in [-0.39, 0.29) is 0 Å². The van der Waals surface area contributed by atoms with Crippen LogP contribution >= 0.6 is 0 Å². The van der Waals surface area contributed by atoms with E-state index in [4.69, 9.17) is 9.47 Å². The van der Waals surface area contributed by atoms with Crippen molar-refractivity contribution in [1.82, 2.24) is 0 Å². The summed E-state index contributed by atoms with van der Waals surface area (Å²) in [6, 6.07) is 6.14. The second-order valence-electron chi connectivity index (χ2n) is 4.65. The summed E-state index contributed by atoms with van der Waals surface area (Å²) in [5.74, 6) is -0.601. The molecule has 0 radical (unpaired) electrons. The van der Waals surface area contributed by atoms with Gasteiger partial charge in [-0.2, -0.15) is 0 Å². The van der Waals surface area contributed by atoms with Gasteiger partial charge in [-0.25, -0.2) is 9.59 Å². The largest absolute Gasteiger partial charge is 0.456 e. The van der Waals surface area contributed by atoms with Crippen LogP contribution in [0.15, 0.2) is 36.9 Å². The highest BCUT2D eigenvalue weighted by molar-refractivity contribution is 5.90. The van der Waals surface area contributed by atoms with Crippen molar-refractivity contribution in [3.05, 3.63) is 42.5 Å². The van der Waals surface area contributed by atoms with Gasteiger partial charge in [0.15, 0.2) is 0 Å². The van der Waals surface area contributed by atoms with Crippen LogP contribution in [0.5, 0.6) is 5.75 Å². The molecule has 1 aromatic carbocycles. The van der Waals surface area contributed by atoms with Gasteiger partial charge in [0.2, 0.25) is 0 Å². The first-order chi connectivity index (χ1) is 8.31. The van der Waals surface area contributed by atoms with Gasteiger partial charge in [0.05, 0.1) is 5.56 Å². The molecule has 4 nitrogen and oxygen atoms in total. The molecule has 0 aliphatic carbocycles. The summed E-state index contributed by atoms with van der Waals surface area (Å²) in [6.07, 6.45) is 1.07. The van der Waals surface area contributed by atoms with Crippen molar-refractivity contribution in [2.45, 2.75) is 26.4 Å². The molecule has 0 atom stereocenters. The maximum atomic E-state index is 11.7. The Balaban J connectivity index is 2.74. The van der Waals surface area contributed by atoms with E-state index in [1.807, 2.05) is 0 Å². The second kappa shape index (κ2) is 5.49. The Morgan fingerprint density at radius 2 is 1.72 bits per heavy atom. The van der Waals surface area contributed by atoms with Crippen LogP contribution in [0.2, 0.25) is 0 Å². The highest BCUT2D eigenvalue weighted by atomic mass is 16.6. The van der Waals surface area contributed by atoms with E-state index in [1.54, 1.807) is 32.9 Å². The molecule has 0 bridgehead atoms. The minimum atomic E-state index is -0.542. The molecule has 0 aliphatic rings. The van der Waals surface area contributed by atoms with Crippen molar-refractivity contribution in [1.29, 1.82) is 0 Å². The lowest BCUT2D eigenvalue weighted by molar-refractivity contribution is -0.128. The summed E-state index contributed by atoms with van der Waals surface area (Å²) < 4.78 is 10.1. The number of benzene rings is 1. The Morgan fingerprint density at radius 3 is 2.17 bits per heavy atom. The summed E-state index contributed by atoms with van der Waals surface area (Å²) in [4.78, 5) is 22.7. The number of hydrogen-bond acceptors (Lipinski definition) is 4. The fraction of sp³-hybridized carbons (Fsp3) is 0.286. The van der Waals surface area contributed by atoms with Gasteiger partial charge in [0, 0.05) is 6.08 Å². The molecule has 0 fully saturated rings. The molecule has 0 saturated heterocycles. The van der Waals surface area contributed by atoms with Crippen LogP contribution in [-0.2, 0) is 9.53 Å². The number of esters is 2. The fourth-order valence-electron chi connectivity index (χ4n) is 1.15. The molecule has 0 heterocycles. The molecule has 1 aromatic rings. The van der Waals surface area contributed by atoms with Gasteiger partial charge in [-0.05, 0) is 45.0 Å². The summed E-state index contributed by atoms with van der Waals surface area (Å²) in [7, 11) is 0. The Kier molecular flexibility index (Phi) is 4.26. The molecule has 4 heteroatoms. The van der Waals surface area contributed by atoms with Crippen molar-refractivity contribution in [2.75, 3.05) is 0 Å². The lowest BCUT2D eigenvalue weighted by Gasteiger charge is -2.19. The van der Waals surface area contributed by atoms with Crippen LogP contribution in [0.1, 0.15) is 31.1 Å². The van der Waals surface area contributed by atoms with Crippen molar-refractivity contribution in [3.8, 4) is 5.75 Å². The zero-order chi connectivity index (χ0) is 13.8. The predicted octanol–water partition coefficient (Wildman–Crippen LogP) is 2.73. The molecule has 96 valence electrons. The van der Waals surface area contributed by atoms with Gasteiger partial charge in [-0.3, -0.25) is 0 Å². The van der Waals surface area contributed by atoms with E-state index < -0.39 is 17.5 Å². The molecule has 0 N–H and O–H groups in total. The van der Waals surface area contributed by atoms with Gasteiger partial charge in [-0.1, -0.05) is 6.58 Å². The topological polar surface area (TPSA) is 52.6 Å². The summed E-state index contributed by atoms with van der Waals surface area (Å²) in [6.45, 7) is 8.68. The fourth-order valence-corrected chi connectivity index (χ4v) is 1.15. The third-order valence-corrected chi connectivity index (χ3v) is 1.87. The quantitative estimate of drug-likeness (QED) is 0.469. The van der Waals surface area contributed by atoms with Gasteiger partial charge in [0.25, 0.3) is 0 Å². The summed E-state index contributed by atoms with van der Waals surface area (Å²) >= 11 is 0. The number of carbonyl (C=O) groups excluding carboxylic acids is 2. The number of ether oxygens (including phenoxy) is 2. The Morgan fingerprint density at radius 1 is 1.17 bits per heavy atom. The maximum absolute atomic E-state index is 11.7. The molecule has 0 unspecified atom stereocenters. The standard InChI is InChI=1S/C14H16O4/c1-5-12(15)17-11-8-6-10(7-9-11)13(16)18-14(2,3)4/h5-9H,1H2,2-4H3. The smallest absolute Gasteiger partial charge is 0.338 e. The molecular weight excluding hydrogens is 232 g/mol. The summed E-state index contributed by atoms with van der Waals surface area (Å²) in [5, 5.41) is 0. The average molecular weight is 248 g/mol. The maximum Gasteiger partial charge on any atom is 0.338 e. The van der Waals surface area contributed by atoms with Crippen LogP contribution in [-0.4, -0.2) is 17.5 Å². The van der Waals surface area contributed by atoms with Gasteiger partial charge >= 0.3 is 11.9 Å². The van der Waals surface area contributed by atoms with Crippen LogP contribution < -0.4 is 4.74 Å². The van der Waals surface area contributed by atoms with Crippen LogP contribution in [0.3, 0.4) is 0 Å². The minimum Gasteiger partial charge on any atom is -0.456 e. The van der Waals surface area contributed by atoms with Gasteiger partial charge in [-0.15, -0.1) is 0 Å². The van der Waals surface area contributed by atoms with Crippen LogP contribution in [0.25, 0.3) is 0 Å². The molecular formula is C14H16O4. The van der Waals surface area contributed by atoms with Gasteiger partial charge in [0.1, 0.15) is 11.4 Å². The molecule has 0 aromatic heterocycles. The lowest BCUT2D eigenvalue weighted by atomic mass is 10.1. The number of rotatable bonds is 3. The van der Waals surface area contributed by atoms with Crippen LogP contribution in [0, 0.1) is 0 Å². The first-order valence-electron chi connectivity index (χ1n) is 5.49. The molecule has 0 amide bonds. The molecule has 1 rings (SSSR count). The summed E-state index contributed by atoms with van der Waals surface area (Å²) in [5.41, 5.74) is -0.131. The van der Waals surface area contributed by atoms with E-state index in [1.165, 1.54) is 12.1 Å². The average Bonchev–Trinajstić information content (AvgIpc) is 2.27. The SMILES string of the molecule is C=CC(=O)Oc1ccc(C(=O)OC(C)(C)C)cc1. The Labute approximate surface area is 106 Å². The first kappa shape index (κ1) is 14.0. The molecule has 0 aliphatic heterocycles. The third kappa shape index (κ3) is 4.41. The van der Waals surface area contributed by atoms with Gasteiger partial charge < -0.3 is 9.47 Å². The third-order valence-electron chi connectivity index (χ3n) is 1.87. The van der Waals surface area contributed by atoms with Crippen molar-refractivity contribution < 1.29 is 19.1 Å². The molecule has 18 heavy (non-hydrogen) atoms. The highest BCUT2D eigenvalue weighted by Crippen LogP contribution is 2.16. The first-order valence-corrected chi connectivity index (χ1v) is 5.49. The zero-order valence-electron chi connectivity index (χ0n) is 10.7. The Bertz CT molecular complexity index is 452. The van der Waals surface area contributed by atoms with Crippen molar-refractivity contribution in [2.24, 2.45) is 0 Å². The lowest BCUT2D eigenvalue weighted by Crippen LogP contribution is -2.23. The minimum absolute atomic E-state index is 0.354. The monoisotopic (exact) mass is 248 g/mol. The normalized spacial score (nSPS) is 10.6. The van der Waals surface area contributed by atoms with E-state index >= 15 is 0 Å². The number of hydrogen-bond donors (Lipinski definition) is 0. The van der Waals surface area contributed by atoms with E-state index in [9.17, 15) is 9.59 Å². The molecule has 0 saturated carbocycles. The Hall–Kier alpha value is -2.10. The van der Waals surface area contributed by atoms with Crippen LogP contribution in [0.4, 0.5) is 0 Å². The van der Waals surface area contributed by atoms with E-state index in [2.05, 4.69) is 6.58 Å². The van der Waals surface area contributed by atoms with E-state index in [0.717, 1.165) is 6.08 Å². The second-order valence-corrected chi connectivity index (χ2v) is 4.65. The molecule has 0 spiro atoms. The predicted molar refractivity (Wildman–Crippen MR) is 67.4 cm³/mol. The zero-order valence-corrected chi connectivity index (χ0v) is 10.7. The van der Waals surface area contributed by atoms with E-state index in [0.29, 0.717) is 11.3 Å².